The third-order valence-corrected chi connectivity index (χ3v) is 4.63. The van der Waals surface area contributed by atoms with Crippen LogP contribution in [0.15, 0.2) is 24.3 Å². The third-order valence-electron chi connectivity index (χ3n) is 4.63. The highest BCUT2D eigenvalue weighted by Crippen LogP contribution is 2.14. The molecular formula is C19H27N3O5. The molecule has 0 unspecified atom stereocenters. The lowest BCUT2D eigenvalue weighted by Gasteiger charge is -2.20. The van der Waals surface area contributed by atoms with Crippen molar-refractivity contribution in [3.05, 3.63) is 29.8 Å². The predicted octanol–water partition coefficient (Wildman–Crippen LogP) is 0.681. The van der Waals surface area contributed by atoms with Crippen LogP contribution in [0.25, 0.3) is 0 Å². The van der Waals surface area contributed by atoms with Gasteiger partial charge in [0.2, 0.25) is 5.91 Å². The van der Waals surface area contributed by atoms with E-state index in [9.17, 15) is 19.5 Å². The Morgan fingerprint density at radius 1 is 1.30 bits per heavy atom. The van der Waals surface area contributed by atoms with Crippen molar-refractivity contribution in [1.29, 1.82) is 0 Å². The second-order valence-electron chi connectivity index (χ2n) is 6.89. The molecule has 1 aromatic rings. The van der Waals surface area contributed by atoms with Crippen molar-refractivity contribution in [3.8, 4) is 5.75 Å². The van der Waals surface area contributed by atoms with Crippen LogP contribution in [0.5, 0.6) is 5.75 Å². The molecule has 3 N–H and O–H groups in total. The predicted molar refractivity (Wildman–Crippen MR) is 99.2 cm³/mol. The van der Waals surface area contributed by atoms with Gasteiger partial charge in [0.15, 0.2) is 0 Å². The van der Waals surface area contributed by atoms with E-state index >= 15 is 0 Å². The zero-order chi connectivity index (χ0) is 20.0. The van der Waals surface area contributed by atoms with Crippen LogP contribution in [0.1, 0.15) is 25.8 Å². The van der Waals surface area contributed by atoms with Crippen LogP contribution in [-0.2, 0) is 16.0 Å². The molecule has 0 bridgehead atoms. The largest absolute Gasteiger partial charge is 0.497 e. The maximum atomic E-state index is 12.5. The van der Waals surface area contributed by atoms with Crippen LogP contribution in [0.3, 0.4) is 0 Å². The molecule has 1 saturated heterocycles. The van der Waals surface area contributed by atoms with Gasteiger partial charge >= 0.3 is 6.03 Å². The molecular weight excluding hydrogens is 350 g/mol. The van der Waals surface area contributed by atoms with Crippen LogP contribution in [-0.4, -0.2) is 60.2 Å². The van der Waals surface area contributed by atoms with Crippen molar-refractivity contribution in [1.82, 2.24) is 15.5 Å². The summed E-state index contributed by atoms with van der Waals surface area (Å²) in [4.78, 5) is 37.8. The molecule has 0 saturated carbocycles. The number of nitrogens with zero attached hydrogens (tertiary/aromatic N) is 1. The van der Waals surface area contributed by atoms with E-state index in [0.717, 1.165) is 16.2 Å². The molecule has 0 aromatic heterocycles. The standard InChI is InChI=1S/C19H27N3O5/c1-12(2)16(11-23)20-17(24)10-15-18(25)22(19(26)21-15)9-8-13-4-6-14(27-3)7-5-13/h4-7,12,15-16,23H,8-11H2,1-3H3,(H,20,24)(H,21,26)/t15-,16+/m1/s1. The molecule has 1 heterocycles. The average molecular weight is 377 g/mol. The van der Waals surface area contributed by atoms with Crippen molar-refractivity contribution in [2.24, 2.45) is 5.92 Å². The number of hydrogen-bond donors (Lipinski definition) is 3. The van der Waals surface area contributed by atoms with Crippen LogP contribution in [0, 0.1) is 5.92 Å². The van der Waals surface area contributed by atoms with Crippen LogP contribution >= 0.6 is 0 Å². The quantitative estimate of drug-likeness (QED) is 0.549. The van der Waals surface area contributed by atoms with E-state index in [1.807, 2.05) is 38.1 Å². The molecule has 0 spiro atoms. The smallest absolute Gasteiger partial charge is 0.324 e. The average Bonchev–Trinajstić information content (AvgIpc) is 2.91. The molecule has 1 aliphatic rings. The summed E-state index contributed by atoms with van der Waals surface area (Å²) in [6.45, 7) is 3.82. The molecule has 1 fully saturated rings. The van der Waals surface area contributed by atoms with Gasteiger partial charge in [0.25, 0.3) is 5.91 Å². The van der Waals surface area contributed by atoms with Gasteiger partial charge in [-0.25, -0.2) is 4.79 Å². The monoisotopic (exact) mass is 377 g/mol. The summed E-state index contributed by atoms with van der Waals surface area (Å²) in [5.41, 5.74) is 0.973. The van der Waals surface area contributed by atoms with Crippen molar-refractivity contribution in [3.63, 3.8) is 0 Å². The number of urea groups is 1. The van der Waals surface area contributed by atoms with Crippen molar-refractivity contribution in [2.75, 3.05) is 20.3 Å². The van der Waals surface area contributed by atoms with Gasteiger partial charge in [-0.1, -0.05) is 26.0 Å². The fourth-order valence-corrected chi connectivity index (χ4v) is 2.83. The van der Waals surface area contributed by atoms with E-state index in [1.165, 1.54) is 0 Å². The third kappa shape index (κ3) is 5.43. The summed E-state index contributed by atoms with van der Waals surface area (Å²) in [7, 11) is 1.59. The minimum absolute atomic E-state index is 0.0637. The van der Waals surface area contributed by atoms with E-state index in [2.05, 4.69) is 10.6 Å². The molecule has 2 atom stereocenters. The Bertz CT molecular complexity index is 674. The highest BCUT2D eigenvalue weighted by molar-refractivity contribution is 6.05. The van der Waals surface area contributed by atoms with E-state index in [4.69, 9.17) is 4.74 Å². The second kappa shape index (κ2) is 9.36. The SMILES string of the molecule is COc1ccc(CCN2C(=O)N[C@H](CC(=O)N[C@@H](CO)C(C)C)C2=O)cc1. The maximum Gasteiger partial charge on any atom is 0.324 e. The molecule has 1 aromatic carbocycles. The molecule has 8 nitrogen and oxygen atoms in total. The number of rotatable bonds is 9. The van der Waals surface area contributed by atoms with Gasteiger partial charge in [-0.2, -0.15) is 0 Å². The highest BCUT2D eigenvalue weighted by atomic mass is 16.5. The molecule has 0 aliphatic carbocycles. The Morgan fingerprint density at radius 3 is 2.52 bits per heavy atom. The molecule has 0 radical (unpaired) electrons. The number of ether oxygens (including phenoxy) is 1. The summed E-state index contributed by atoms with van der Waals surface area (Å²) < 4.78 is 5.10. The summed E-state index contributed by atoms with van der Waals surface area (Å²) in [6.07, 6.45) is 0.370. The lowest BCUT2D eigenvalue weighted by atomic mass is 10.0. The number of carbonyl (C=O) groups is 3. The first kappa shape index (κ1) is 20.7. The fourth-order valence-electron chi connectivity index (χ4n) is 2.83. The Kier molecular flexibility index (Phi) is 7.18. The highest BCUT2D eigenvalue weighted by Gasteiger charge is 2.38. The van der Waals surface area contributed by atoms with Crippen molar-refractivity contribution < 1.29 is 24.2 Å². The number of nitrogens with one attached hydrogen (secondary N) is 2. The topological polar surface area (TPSA) is 108 Å². The number of aliphatic hydroxyl groups excluding tert-OH is 1. The fraction of sp³-hybridized carbons (Fsp3) is 0.526. The first-order valence-corrected chi connectivity index (χ1v) is 9.00. The van der Waals surface area contributed by atoms with Gasteiger partial charge in [0, 0.05) is 6.54 Å². The lowest BCUT2D eigenvalue weighted by Crippen LogP contribution is -2.44. The molecule has 4 amide bonds. The zero-order valence-corrected chi connectivity index (χ0v) is 15.9. The second-order valence-corrected chi connectivity index (χ2v) is 6.89. The van der Waals surface area contributed by atoms with E-state index in [-0.39, 0.29) is 37.4 Å². The summed E-state index contributed by atoms with van der Waals surface area (Å²) in [5, 5.41) is 14.5. The Morgan fingerprint density at radius 2 is 1.96 bits per heavy atom. The van der Waals surface area contributed by atoms with Gasteiger partial charge in [-0.3, -0.25) is 14.5 Å². The van der Waals surface area contributed by atoms with Crippen molar-refractivity contribution >= 4 is 17.8 Å². The number of amides is 4. The molecule has 27 heavy (non-hydrogen) atoms. The summed E-state index contributed by atoms with van der Waals surface area (Å²) in [5.74, 6) is 0.0170. The van der Waals surface area contributed by atoms with E-state index in [1.54, 1.807) is 7.11 Å². The minimum Gasteiger partial charge on any atom is -0.497 e. The number of imide groups is 1. The Labute approximate surface area is 158 Å². The van der Waals surface area contributed by atoms with Crippen molar-refractivity contribution in [2.45, 2.75) is 38.8 Å². The Balaban J connectivity index is 1.88. The number of carbonyl (C=O) groups excluding carboxylic acids is 3. The van der Waals surface area contributed by atoms with Crippen LogP contribution < -0.4 is 15.4 Å². The first-order chi connectivity index (χ1) is 12.8. The zero-order valence-electron chi connectivity index (χ0n) is 15.9. The number of methoxy groups -OCH3 is 1. The van der Waals surface area contributed by atoms with Gasteiger partial charge in [-0.15, -0.1) is 0 Å². The normalized spacial score (nSPS) is 17.8. The number of benzene rings is 1. The number of hydrogen-bond acceptors (Lipinski definition) is 5. The first-order valence-electron chi connectivity index (χ1n) is 9.00. The lowest BCUT2D eigenvalue weighted by molar-refractivity contribution is -0.131. The Hall–Kier alpha value is -2.61. The van der Waals surface area contributed by atoms with E-state index in [0.29, 0.717) is 6.42 Å². The van der Waals surface area contributed by atoms with Gasteiger partial charge in [-0.05, 0) is 30.0 Å². The van der Waals surface area contributed by atoms with Gasteiger partial charge < -0.3 is 20.5 Å². The summed E-state index contributed by atoms with van der Waals surface area (Å²) >= 11 is 0. The van der Waals surface area contributed by atoms with Gasteiger partial charge in [0.1, 0.15) is 11.8 Å². The molecule has 148 valence electrons. The molecule has 2 rings (SSSR count). The minimum atomic E-state index is -0.875. The molecule has 1 aliphatic heterocycles. The molecule has 8 heteroatoms. The van der Waals surface area contributed by atoms with E-state index < -0.39 is 18.0 Å². The van der Waals surface area contributed by atoms with Crippen LogP contribution in [0.4, 0.5) is 4.79 Å². The summed E-state index contributed by atoms with van der Waals surface area (Å²) in [6, 6.07) is 5.65. The number of aliphatic hydroxyl groups is 1. The maximum absolute atomic E-state index is 12.5. The van der Waals surface area contributed by atoms with Gasteiger partial charge in [0.05, 0.1) is 26.2 Å². The van der Waals surface area contributed by atoms with Crippen LogP contribution in [0.2, 0.25) is 0 Å².